The summed E-state index contributed by atoms with van der Waals surface area (Å²) in [5.41, 5.74) is 3.45. The van der Waals surface area contributed by atoms with Crippen LogP contribution in [0.4, 0.5) is 5.69 Å². The predicted molar refractivity (Wildman–Crippen MR) is 95.4 cm³/mol. The van der Waals surface area contributed by atoms with Crippen LogP contribution < -0.4 is 14.8 Å². The van der Waals surface area contributed by atoms with Gasteiger partial charge in [0.25, 0.3) is 5.69 Å². The number of benzene rings is 2. The number of hydrogen-bond acceptors (Lipinski definition) is 5. The molecule has 2 aromatic carbocycles. The van der Waals surface area contributed by atoms with E-state index < -0.39 is 0 Å². The van der Waals surface area contributed by atoms with Gasteiger partial charge in [0.05, 0.1) is 24.2 Å². The van der Waals surface area contributed by atoms with Gasteiger partial charge in [-0.25, -0.2) is 0 Å². The molecule has 0 unspecified atom stereocenters. The highest BCUT2D eigenvalue weighted by Crippen LogP contribution is 2.38. The number of non-ortho nitro benzene ring substituents is 1. The van der Waals surface area contributed by atoms with Crippen LogP contribution in [0.15, 0.2) is 36.4 Å². The molecular formula is C19H22N2O4. The summed E-state index contributed by atoms with van der Waals surface area (Å²) >= 11 is 0. The van der Waals surface area contributed by atoms with Gasteiger partial charge in [0, 0.05) is 18.7 Å². The number of nitro benzene ring substituents is 1. The second-order valence-corrected chi connectivity index (χ2v) is 5.85. The van der Waals surface area contributed by atoms with E-state index in [9.17, 15) is 10.1 Å². The van der Waals surface area contributed by atoms with Gasteiger partial charge in [-0.1, -0.05) is 12.1 Å². The second-order valence-electron chi connectivity index (χ2n) is 5.85. The third kappa shape index (κ3) is 3.58. The third-order valence-corrected chi connectivity index (χ3v) is 4.30. The van der Waals surface area contributed by atoms with Gasteiger partial charge in [0.1, 0.15) is 0 Å². The zero-order valence-electron chi connectivity index (χ0n) is 14.5. The molecule has 0 saturated heterocycles. The molecule has 0 amide bonds. The largest absolute Gasteiger partial charge is 0.490 e. The molecular weight excluding hydrogens is 320 g/mol. The van der Waals surface area contributed by atoms with Crippen molar-refractivity contribution >= 4 is 5.69 Å². The first-order valence-corrected chi connectivity index (χ1v) is 8.54. The van der Waals surface area contributed by atoms with Gasteiger partial charge in [0.15, 0.2) is 11.5 Å². The van der Waals surface area contributed by atoms with Gasteiger partial charge < -0.3 is 14.8 Å². The molecule has 1 N–H and O–H groups in total. The molecule has 1 aliphatic heterocycles. The molecule has 0 fully saturated rings. The van der Waals surface area contributed by atoms with Crippen molar-refractivity contribution < 1.29 is 14.4 Å². The Morgan fingerprint density at radius 1 is 1.12 bits per heavy atom. The lowest BCUT2D eigenvalue weighted by molar-refractivity contribution is -0.384. The monoisotopic (exact) mass is 342 g/mol. The van der Waals surface area contributed by atoms with Crippen LogP contribution in [-0.4, -0.2) is 24.7 Å². The molecule has 6 nitrogen and oxygen atoms in total. The van der Waals surface area contributed by atoms with E-state index in [1.807, 2.05) is 32.0 Å². The van der Waals surface area contributed by atoms with Crippen molar-refractivity contribution in [3.8, 4) is 11.5 Å². The molecule has 2 aromatic rings. The first-order chi connectivity index (χ1) is 12.1. The van der Waals surface area contributed by atoms with Crippen LogP contribution in [0.25, 0.3) is 0 Å². The first kappa shape index (κ1) is 17.2. The van der Waals surface area contributed by atoms with E-state index in [1.165, 1.54) is 5.56 Å². The Hall–Kier alpha value is -2.60. The SMILES string of the molecule is CCOc1cc2c(cc1OCC)[C@@H](c1ccc([N+](=O)[O-])cc1)NCC2. The van der Waals surface area contributed by atoms with Crippen molar-refractivity contribution in [3.63, 3.8) is 0 Å². The van der Waals surface area contributed by atoms with Crippen LogP contribution in [0.2, 0.25) is 0 Å². The molecule has 1 heterocycles. The lowest BCUT2D eigenvalue weighted by atomic mass is 9.89. The topological polar surface area (TPSA) is 73.6 Å². The second kappa shape index (κ2) is 7.53. The van der Waals surface area contributed by atoms with Gasteiger partial charge in [-0.15, -0.1) is 0 Å². The van der Waals surface area contributed by atoms with Gasteiger partial charge in [-0.2, -0.15) is 0 Å². The number of hydrogen-bond donors (Lipinski definition) is 1. The summed E-state index contributed by atoms with van der Waals surface area (Å²) in [7, 11) is 0. The molecule has 6 heteroatoms. The molecule has 0 bridgehead atoms. The minimum absolute atomic E-state index is 0.0144. The lowest BCUT2D eigenvalue weighted by Crippen LogP contribution is -2.30. The first-order valence-electron chi connectivity index (χ1n) is 8.54. The van der Waals surface area contributed by atoms with Crippen molar-refractivity contribution in [2.24, 2.45) is 0 Å². The summed E-state index contributed by atoms with van der Waals surface area (Å²) in [5.74, 6) is 1.51. The van der Waals surface area contributed by atoms with Crippen molar-refractivity contribution in [2.45, 2.75) is 26.3 Å². The summed E-state index contributed by atoms with van der Waals surface area (Å²) in [5, 5.41) is 14.4. The Kier molecular flexibility index (Phi) is 5.19. The number of fused-ring (bicyclic) bond motifs is 1. The van der Waals surface area contributed by atoms with Gasteiger partial charge in [0.2, 0.25) is 0 Å². The fraction of sp³-hybridized carbons (Fsp3) is 0.368. The van der Waals surface area contributed by atoms with Crippen LogP contribution >= 0.6 is 0 Å². The minimum Gasteiger partial charge on any atom is -0.490 e. The van der Waals surface area contributed by atoms with E-state index in [0.29, 0.717) is 13.2 Å². The molecule has 1 atom stereocenters. The fourth-order valence-electron chi connectivity index (χ4n) is 3.19. The number of nitrogens with one attached hydrogen (secondary N) is 1. The van der Waals surface area contributed by atoms with Crippen LogP contribution in [0.5, 0.6) is 11.5 Å². The van der Waals surface area contributed by atoms with E-state index in [2.05, 4.69) is 11.4 Å². The van der Waals surface area contributed by atoms with Crippen LogP contribution in [0, 0.1) is 10.1 Å². The molecule has 25 heavy (non-hydrogen) atoms. The summed E-state index contributed by atoms with van der Waals surface area (Å²) in [6, 6.07) is 10.8. The molecule has 0 aliphatic carbocycles. The number of ether oxygens (including phenoxy) is 2. The smallest absolute Gasteiger partial charge is 0.269 e. The zero-order valence-corrected chi connectivity index (χ0v) is 14.5. The Morgan fingerprint density at radius 3 is 2.36 bits per heavy atom. The third-order valence-electron chi connectivity index (χ3n) is 4.30. The summed E-state index contributed by atoms with van der Waals surface area (Å²) in [6.07, 6.45) is 0.908. The van der Waals surface area contributed by atoms with E-state index in [4.69, 9.17) is 9.47 Å². The Balaban J connectivity index is 2.00. The van der Waals surface area contributed by atoms with Crippen LogP contribution in [0.3, 0.4) is 0 Å². The molecule has 1 aliphatic rings. The maximum absolute atomic E-state index is 10.9. The molecule has 0 saturated carbocycles. The van der Waals surface area contributed by atoms with Crippen molar-refractivity contribution in [1.82, 2.24) is 5.32 Å². The fourth-order valence-corrected chi connectivity index (χ4v) is 3.19. The molecule has 0 aromatic heterocycles. The van der Waals surface area contributed by atoms with Crippen molar-refractivity contribution in [2.75, 3.05) is 19.8 Å². The molecule has 0 spiro atoms. The van der Waals surface area contributed by atoms with E-state index in [1.54, 1.807) is 12.1 Å². The average molecular weight is 342 g/mol. The van der Waals surface area contributed by atoms with E-state index in [-0.39, 0.29) is 16.7 Å². The highest BCUT2D eigenvalue weighted by Gasteiger charge is 2.24. The molecule has 0 radical (unpaired) electrons. The Morgan fingerprint density at radius 2 is 1.76 bits per heavy atom. The summed E-state index contributed by atoms with van der Waals surface area (Å²) in [6.45, 7) is 5.89. The summed E-state index contributed by atoms with van der Waals surface area (Å²) in [4.78, 5) is 10.5. The maximum atomic E-state index is 10.9. The Labute approximate surface area is 146 Å². The number of rotatable bonds is 6. The standard InChI is InChI=1S/C19H22N2O4/c1-3-24-17-11-14-9-10-20-19(16(14)12-18(17)25-4-2)13-5-7-15(8-6-13)21(22)23/h5-8,11-12,19-20H,3-4,9-10H2,1-2H3/t19-/m1/s1. The van der Waals surface area contributed by atoms with E-state index >= 15 is 0 Å². The number of nitrogens with zero attached hydrogens (tertiary/aromatic N) is 1. The normalized spacial score (nSPS) is 16.2. The van der Waals surface area contributed by atoms with Gasteiger partial charge in [-0.3, -0.25) is 10.1 Å². The number of nitro groups is 1. The molecule has 132 valence electrons. The lowest BCUT2D eigenvalue weighted by Gasteiger charge is -2.28. The highest BCUT2D eigenvalue weighted by atomic mass is 16.6. The van der Waals surface area contributed by atoms with Crippen molar-refractivity contribution in [3.05, 3.63) is 63.2 Å². The molecule has 3 rings (SSSR count). The average Bonchev–Trinajstić information content (AvgIpc) is 2.62. The predicted octanol–water partition coefficient (Wildman–Crippen LogP) is 3.63. The maximum Gasteiger partial charge on any atom is 0.269 e. The van der Waals surface area contributed by atoms with Gasteiger partial charge in [-0.05, 0) is 49.1 Å². The quantitative estimate of drug-likeness (QED) is 0.641. The minimum atomic E-state index is -0.381. The van der Waals surface area contributed by atoms with E-state index in [0.717, 1.165) is 35.6 Å². The van der Waals surface area contributed by atoms with Crippen molar-refractivity contribution in [1.29, 1.82) is 0 Å². The zero-order chi connectivity index (χ0) is 17.8. The van der Waals surface area contributed by atoms with Crippen LogP contribution in [-0.2, 0) is 6.42 Å². The highest BCUT2D eigenvalue weighted by molar-refractivity contribution is 5.52. The Bertz CT molecular complexity index is 759. The van der Waals surface area contributed by atoms with Gasteiger partial charge >= 0.3 is 0 Å². The summed E-state index contributed by atoms with van der Waals surface area (Å²) < 4.78 is 11.5. The van der Waals surface area contributed by atoms with Crippen LogP contribution in [0.1, 0.15) is 36.6 Å².